The van der Waals surface area contributed by atoms with Crippen LogP contribution < -0.4 is 15.1 Å². The summed E-state index contributed by atoms with van der Waals surface area (Å²) in [5.74, 6) is 0.0423. The average Bonchev–Trinajstić information content (AvgIpc) is 2.75. The number of aryl methyl sites for hydroxylation is 1. The van der Waals surface area contributed by atoms with Crippen molar-refractivity contribution in [2.45, 2.75) is 19.9 Å². The maximum absolute atomic E-state index is 12.1. The summed E-state index contributed by atoms with van der Waals surface area (Å²) in [7, 11) is 2.20. The van der Waals surface area contributed by atoms with Crippen molar-refractivity contribution in [2.24, 2.45) is 0 Å². The first-order valence-electron chi connectivity index (χ1n) is 6.33. The highest BCUT2D eigenvalue weighted by Crippen LogP contribution is 2.13. The third-order valence-corrected chi connectivity index (χ3v) is 4.26. The first-order valence-corrected chi connectivity index (χ1v) is 7.14. The number of anilines is 1. The predicted octanol–water partition coefficient (Wildman–Crippen LogP) is -2.41. The minimum atomic E-state index is -0.0256. The Morgan fingerprint density at radius 3 is 2.56 bits per heavy atom. The summed E-state index contributed by atoms with van der Waals surface area (Å²) in [6, 6.07) is -0.0256. The molecule has 0 aliphatic carbocycles. The van der Waals surface area contributed by atoms with Crippen molar-refractivity contribution >= 4 is 22.4 Å². The van der Waals surface area contributed by atoms with Crippen LogP contribution in [0.5, 0.6) is 0 Å². The van der Waals surface area contributed by atoms with E-state index in [4.69, 9.17) is 0 Å². The highest BCUT2D eigenvalue weighted by atomic mass is 32.1. The molecule has 0 bridgehead atoms. The molecular formula is C11H21N5OS+2. The van der Waals surface area contributed by atoms with E-state index in [1.165, 1.54) is 16.2 Å². The fourth-order valence-corrected chi connectivity index (χ4v) is 2.77. The molecule has 1 atom stereocenters. The summed E-state index contributed by atoms with van der Waals surface area (Å²) in [5, 5.41) is 12.1. The van der Waals surface area contributed by atoms with Gasteiger partial charge in [0.15, 0.2) is 6.04 Å². The van der Waals surface area contributed by atoms with Crippen molar-refractivity contribution in [3.63, 3.8) is 0 Å². The van der Waals surface area contributed by atoms with E-state index in [1.807, 2.05) is 13.8 Å². The highest BCUT2D eigenvalue weighted by molar-refractivity contribution is 7.15. The Balaban J connectivity index is 1.88. The van der Waals surface area contributed by atoms with Gasteiger partial charge in [0.25, 0.3) is 5.91 Å². The largest absolute Gasteiger partial charge is 0.328 e. The molecule has 0 saturated carbocycles. The zero-order valence-electron chi connectivity index (χ0n) is 11.1. The van der Waals surface area contributed by atoms with Gasteiger partial charge in [-0.3, -0.25) is 10.1 Å². The van der Waals surface area contributed by atoms with Crippen LogP contribution in [-0.4, -0.2) is 55.4 Å². The van der Waals surface area contributed by atoms with Gasteiger partial charge >= 0.3 is 0 Å². The first kappa shape index (κ1) is 13.4. The number of amides is 1. The smallest absolute Gasteiger partial charge is 0.284 e. The summed E-state index contributed by atoms with van der Waals surface area (Å²) < 4.78 is 0. The molecule has 1 aliphatic rings. The highest BCUT2D eigenvalue weighted by Gasteiger charge is 2.30. The minimum absolute atomic E-state index is 0.0256. The van der Waals surface area contributed by atoms with Gasteiger partial charge in [0, 0.05) is 0 Å². The number of nitrogens with one attached hydrogen (secondary N) is 3. The lowest BCUT2D eigenvalue weighted by molar-refractivity contribution is -1.01. The van der Waals surface area contributed by atoms with Crippen molar-refractivity contribution in [3.05, 3.63) is 5.01 Å². The summed E-state index contributed by atoms with van der Waals surface area (Å²) in [6.07, 6.45) is 0. The van der Waals surface area contributed by atoms with Crippen LogP contribution in [-0.2, 0) is 4.79 Å². The van der Waals surface area contributed by atoms with Crippen LogP contribution in [0.4, 0.5) is 5.13 Å². The number of nitrogens with zero attached hydrogens (tertiary/aromatic N) is 2. The number of aromatic nitrogens is 2. The SMILES string of the molecule is Cc1nnc(NC(=O)[C@@H](C)[NH+]2CC[NH+](C)CC2)s1. The maximum atomic E-state index is 12.1. The van der Waals surface area contributed by atoms with E-state index in [0.29, 0.717) is 5.13 Å². The van der Waals surface area contributed by atoms with Crippen LogP contribution in [0.2, 0.25) is 0 Å². The number of quaternary nitrogens is 2. The van der Waals surface area contributed by atoms with Crippen molar-refractivity contribution < 1.29 is 14.6 Å². The molecule has 0 radical (unpaired) electrons. The molecule has 0 unspecified atom stereocenters. The number of piperazine rings is 1. The van der Waals surface area contributed by atoms with Crippen LogP contribution >= 0.6 is 11.3 Å². The van der Waals surface area contributed by atoms with E-state index >= 15 is 0 Å². The Kier molecular flexibility index (Phi) is 4.26. The predicted molar refractivity (Wildman–Crippen MR) is 70.1 cm³/mol. The lowest BCUT2D eigenvalue weighted by Gasteiger charge is -2.30. The van der Waals surface area contributed by atoms with Gasteiger partial charge in [-0.25, -0.2) is 0 Å². The molecule has 1 saturated heterocycles. The molecule has 0 spiro atoms. The number of likely N-dealkylation sites (N-methyl/N-ethyl adjacent to an activating group) is 1. The summed E-state index contributed by atoms with van der Waals surface area (Å²) in [4.78, 5) is 15.0. The molecule has 1 aromatic heterocycles. The van der Waals surface area contributed by atoms with Gasteiger partial charge < -0.3 is 9.80 Å². The fourth-order valence-electron chi connectivity index (χ4n) is 2.18. The molecule has 100 valence electrons. The second-order valence-electron chi connectivity index (χ2n) is 4.95. The van der Waals surface area contributed by atoms with E-state index in [1.54, 1.807) is 4.90 Å². The fraction of sp³-hybridized carbons (Fsp3) is 0.727. The molecule has 7 heteroatoms. The molecule has 2 rings (SSSR count). The Bertz CT molecular complexity index is 413. The zero-order valence-corrected chi connectivity index (χ0v) is 11.9. The van der Waals surface area contributed by atoms with Gasteiger partial charge in [-0.2, -0.15) is 0 Å². The Hall–Kier alpha value is -1.05. The number of rotatable bonds is 3. The van der Waals surface area contributed by atoms with E-state index in [0.717, 1.165) is 31.2 Å². The monoisotopic (exact) mass is 271 g/mol. The number of carbonyl (C=O) groups excluding carboxylic acids is 1. The van der Waals surface area contributed by atoms with Gasteiger partial charge in [0.1, 0.15) is 31.2 Å². The van der Waals surface area contributed by atoms with E-state index in [9.17, 15) is 4.79 Å². The molecule has 1 amide bonds. The zero-order chi connectivity index (χ0) is 13.1. The van der Waals surface area contributed by atoms with Crippen molar-refractivity contribution in [1.82, 2.24) is 10.2 Å². The lowest BCUT2D eigenvalue weighted by atomic mass is 10.2. The third-order valence-electron chi connectivity index (χ3n) is 3.51. The van der Waals surface area contributed by atoms with Crippen LogP contribution in [0.1, 0.15) is 11.9 Å². The number of hydrogen-bond donors (Lipinski definition) is 3. The summed E-state index contributed by atoms with van der Waals surface area (Å²) in [6.45, 7) is 8.23. The Labute approximate surface area is 111 Å². The van der Waals surface area contributed by atoms with Crippen molar-refractivity contribution in [2.75, 3.05) is 38.5 Å². The van der Waals surface area contributed by atoms with Crippen LogP contribution in [0.3, 0.4) is 0 Å². The number of hydrogen-bond acceptors (Lipinski definition) is 4. The first-order chi connectivity index (χ1) is 8.56. The second-order valence-corrected chi connectivity index (χ2v) is 6.13. The molecule has 2 heterocycles. The molecule has 1 fully saturated rings. The Morgan fingerprint density at radius 1 is 1.33 bits per heavy atom. The van der Waals surface area contributed by atoms with Gasteiger partial charge in [-0.1, -0.05) is 11.3 Å². The van der Waals surface area contributed by atoms with Crippen LogP contribution in [0.15, 0.2) is 0 Å². The van der Waals surface area contributed by atoms with E-state index in [-0.39, 0.29) is 11.9 Å². The van der Waals surface area contributed by atoms with Crippen LogP contribution in [0, 0.1) is 6.92 Å². The van der Waals surface area contributed by atoms with Gasteiger partial charge in [-0.05, 0) is 13.8 Å². The molecule has 1 aliphatic heterocycles. The van der Waals surface area contributed by atoms with Gasteiger partial charge in [0.05, 0.1) is 7.05 Å². The molecule has 6 nitrogen and oxygen atoms in total. The standard InChI is InChI=1S/C11H19N5OS/c1-8(16-6-4-15(3)5-7-16)10(17)12-11-14-13-9(2)18-11/h8H,4-7H2,1-3H3,(H,12,14,17)/p+2/t8-/m1/s1. The summed E-state index contributed by atoms with van der Waals surface area (Å²) >= 11 is 1.41. The maximum Gasteiger partial charge on any atom is 0.284 e. The molecule has 3 N–H and O–H groups in total. The van der Waals surface area contributed by atoms with Gasteiger partial charge in [-0.15, -0.1) is 10.2 Å². The molecule has 18 heavy (non-hydrogen) atoms. The minimum Gasteiger partial charge on any atom is -0.328 e. The lowest BCUT2D eigenvalue weighted by Crippen LogP contribution is -3.29. The molecule has 1 aromatic rings. The number of carbonyl (C=O) groups is 1. The Morgan fingerprint density at radius 2 is 2.00 bits per heavy atom. The average molecular weight is 271 g/mol. The second kappa shape index (κ2) is 5.73. The quantitative estimate of drug-likeness (QED) is 0.574. The topological polar surface area (TPSA) is 63.8 Å². The normalized spacial score (nSPS) is 25.7. The molecule has 0 aromatic carbocycles. The van der Waals surface area contributed by atoms with Crippen molar-refractivity contribution in [1.29, 1.82) is 0 Å². The molecular weight excluding hydrogens is 250 g/mol. The van der Waals surface area contributed by atoms with E-state index < -0.39 is 0 Å². The van der Waals surface area contributed by atoms with Crippen LogP contribution in [0.25, 0.3) is 0 Å². The van der Waals surface area contributed by atoms with Gasteiger partial charge in [0.2, 0.25) is 5.13 Å². The van der Waals surface area contributed by atoms with E-state index in [2.05, 4.69) is 22.6 Å². The summed E-state index contributed by atoms with van der Waals surface area (Å²) in [5.41, 5.74) is 0. The third kappa shape index (κ3) is 3.24. The van der Waals surface area contributed by atoms with Crippen molar-refractivity contribution in [3.8, 4) is 0 Å².